The SMILES string of the molecule is CS(=O)(=O)Oc1cc(O)c2c(=O)cc(-c3ccc(O)cc3)oc2c1. The highest BCUT2D eigenvalue weighted by Gasteiger charge is 2.15. The van der Waals surface area contributed by atoms with Gasteiger partial charge in [-0.2, -0.15) is 8.42 Å². The van der Waals surface area contributed by atoms with E-state index in [1.54, 1.807) is 12.1 Å². The molecule has 0 aliphatic rings. The third kappa shape index (κ3) is 3.18. The van der Waals surface area contributed by atoms with Gasteiger partial charge in [-0.25, -0.2) is 0 Å². The lowest BCUT2D eigenvalue weighted by Gasteiger charge is -2.07. The third-order valence-electron chi connectivity index (χ3n) is 3.18. The van der Waals surface area contributed by atoms with Crippen LogP contribution in [-0.2, 0) is 10.1 Å². The van der Waals surface area contributed by atoms with Crippen LogP contribution in [0.3, 0.4) is 0 Å². The van der Waals surface area contributed by atoms with Gasteiger partial charge < -0.3 is 18.8 Å². The zero-order chi connectivity index (χ0) is 17.5. The molecule has 0 aliphatic heterocycles. The van der Waals surface area contributed by atoms with E-state index in [4.69, 9.17) is 8.60 Å². The smallest absolute Gasteiger partial charge is 0.306 e. The standard InChI is InChI=1S/C16H12O7S/c1-24(20,21)23-11-6-12(18)16-13(19)8-14(22-15(16)7-11)9-2-4-10(17)5-3-9/h2-8,17-18H,1H3. The fourth-order valence-electron chi connectivity index (χ4n) is 2.23. The van der Waals surface area contributed by atoms with E-state index in [2.05, 4.69) is 0 Å². The molecule has 1 aromatic heterocycles. The molecule has 0 bridgehead atoms. The molecule has 0 saturated carbocycles. The summed E-state index contributed by atoms with van der Waals surface area (Å²) < 4.78 is 32.7. The molecule has 0 aliphatic carbocycles. The summed E-state index contributed by atoms with van der Waals surface area (Å²) in [7, 11) is -3.80. The van der Waals surface area contributed by atoms with Gasteiger partial charge in [0.1, 0.15) is 34.0 Å². The van der Waals surface area contributed by atoms with Crippen molar-refractivity contribution in [1.82, 2.24) is 0 Å². The number of aromatic hydroxyl groups is 2. The van der Waals surface area contributed by atoms with Crippen LogP contribution in [0.25, 0.3) is 22.3 Å². The van der Waals surface area contributed by atoms with Crippen LogP contribution in [0.2, 0.25) is 0 Å². The molecule has 3 rings (SSSR count). The van der Waals surface area contributed by atoms with Crippen LogP contribution in [0.5, 0.6) is 17.2 Å². The minimum Gasteiger partial charge on any atom is -0.508 e. The molecule has 0 amide bonds. The Labute approximate surface area is 136 Å². The van der Waals surface area contributed by atoms with E-state index < -0.39 is 21.3 Å². The molecule has 2 N–H and O–H groups in total. The zero-order valence-electron chi connectivity index (χ0n) is 12.4. The average Bonchev–Trinajstić information content (AvgIpc) is 2.45. The predicted molar refractivity (Wildman–Crippen MR) is 86.7 cm³/mol. The van der Waals surface area contributed by atoms with Gasteiger partial charge in [-0.15, -0.1) is 0 Å². The van der Waals surface area contributed by atoms with Crippen molar-refractivity contribution in [2.45, 2.75) is 0 Å². The number of hydrogen-bond donors (Lipinski definition) is 2. The number of benzene rings is 2. The van der Waals surface area contributed by atoms with Gasteiger partial charge in [-0.1, -0.05) is 0 Å². The zero-order valence-corrected chi connectivity index (χ0v) is 13.2. The summed E-state index contributed by atoms with van der Waals surface area (Å²) in [4.78, 5) is 12.2. The van der Waals surface area contributed by atoms with Crippen molar-refractivity contribution in [2.75, 3.05) is 6.26 Å². The molecule has 3 aromatic rings. The molecular weight excluding hydrogens is 336 g/mol. The molecule has 124 valence electrons. The largest absolute Gasteiger partial charge is 0.508 e. The summed E-state index contributed by atoms with van der Waals surface area (Å²) in [5.41, 5.74) is 0.00711. The van der Waals surface area contributed by atoms with Crippen LogP contribution in [0.4, 0.5) is 0 Å². The van der Waals surface area contributed by atoms with Gasteiger partial charge in [0, 0.05) is 23.8 Å². The van der Waals surface area contributed by atoms with Gasteiger partial charge >= 0.3 is 10.1 Å². The fraction of sp³-hybridized carbons (Fsp3) is 0.0625. The molecule has 1 heterocycles. The second kappa shape index (κ2) is 5.57. The lowest BCUT2D eigenvalue weighted by atomic mass is 10.1. The number of fused-ring (bicyclic) bond motifs is 1. The molecular formula is C16H12O7S. The van der Waals surface area contributed by atoms with Crippen molar-refractivity contribution < 1.29 is 27.2 Å². The van der Waals surface area contributed by atoms with Gasteiger partial charge in [0.05, 0.1) is 6.26 Å². The molecule has 0 radical (unpaired) electrons. The van der Waals surface area contributed by atoms with Crippen LogP contribution in [-0.4, -0.2) is 24.9 Å². The van der Waals surface area contributed by atoms with E-state index in [1.807, 2.05) is 0 Å². The molecule has 0 saturated heterocycles. The molecule has 8 heteroatoms. The summed E-state index contributed by atoms with van der Waals surface area (Å²) in [5, 5.41) is 19.2. The Hall–Kier alpha value is -3.00. The molecule has 0 atom stereocenters. The highest BCUT2D eigenvalue weighted by Crippen LogP contribution is 2.31. The van der Waals surface area contributed by atoms with Crippen molar-refractivity contribution in [1.29, 1.82) is 0 Å². The first-order chi connectivity index (χ1) is 11.2. The topological polar surface area (TPSA) is 114 Å². The monoisotopic (exact) mass is 348 g/mol. The number of phenols is 2. The van der Waals surface area contributed by atoms with Crippen molar-refractivity contribution in [3.05, 3.63) is 52.7 Å². The Kier molecular flexibility index (Phi) is 3.69. The maximum absolute atomic E-state index is 12.2. The summed E-state index contributed by atoms with van der Waals surface area (Å²) in [6, 6.07) is 9.40. The minimum absolute atomic E-state index is 0.0239. The van der Waals surface area contributed by atoms with E-state index in [0.717, 1.165) is 12.3 Å². The van der Waals surface area contributed by atoms with Crippen molar-refractivity contribution in [3.63, 3.8) is 0 Å². The highest BCUT2D eigenvalue weighted by molar-refractivity contribution is 7.86. The lowest BCUT2D eigenvalue weighted by Crippen LogP contribution is -2.06. The van der Waals surface area contributed by atoms with Crippen LogP contribution < -0.4 is 9.61 Å². The minimum atomic E-state index is -3.80. The molecule has 24 heavy (non-hydrogen) atoms. The quantitative estimate of drug-likeness (QED) is 0.697. The summed E-state index contributed by atoms with van der Waals surface area (Å²) in [5.74, 6) is -0.363. The molecule has 2 aromatic carbocycles. The van der Waals surface area contributed by atoms with Crippen LogP contribution in [0.15, 0.2) is 51.7 Å². The number of hydrogen-bond acceptors (Lipinski definition) is 7. The van der Waals surface area contributed by atoms with Crippen molar-refractivity contribution in [3.8, 4) is 28.6 Å². The summed E-state index contributed by atoms with van der Waals surface area (Å²) in [6.45, 7) is 0. The first-order valence-corrected chi connectivity index (χ1v) is 8.54. The molecule has 7 nitrogen and oxygen atoms in total. The molecule has 0 spiro atoms. The number of rotatable bonds is 3. The third-order valence-corrected chi connectivity index (χ3v) is 3.68. The van der Waals surface area contributed by atoms with E-state index >= 15 is 0 Å². The van der Waals surface area contributed by atoms with E-state index in [9.17, 15) is 23.4 Å². The normalized spacial score (nSPS) is 11.5. The summed E-state index contributed by atoms with van der Waals surface area (Å²) in [6.07, 6.45) is 0.858. The Morgan fingerprint density at radius 3 is 2.33 bits per heavy atom. The fourth-order valence-corrected chi connectivity index (χ4v) is 2.68. The van der Waals surface area contributed by atoms with E-state index in [-0.39, 0.29) is 28.2 Å². The molecule has 0 unspecified atom stereocenters. The maximum atomic E-state index is 12.2. The van der Waals surface area contributed by atoms with E-state index in [0.29, 0.717) is 5.56 Å². The van der Waals surface area contributed by atoms with Crippen molar-refractivity contribution >= 4 is 21.1 Å². The van der Waals surface area contributed by atoms with Crippen LogP contribution in [0, 0.1) is 0 Å². The molecule has 0 fully saturated rings. The van der Waals surface area contributed by atoms with Gasteiger partial charge in [-0.05, 0) is 24.3 Å². The summed E-state index contributed by atoms with van der Waals surface area (Å²) >= 11 is 0. The van der Waals surface area contributed by atoms with Gasteiger partial charge in [0.15, 0.2) is 5.43 Å². The van der Waals surface area contributed by atoms with Gasteiger partial charge in [-0.3, -0.25) is 4.79 Å². The van der Waals surface area contributed by atoms with Crippen molar-refractivity contribution in [2.24, 2.45) is 0 Å². The van der Waals surface area contributed by atoms with E-state index in [1.165, 1.54) is 24.3 Å². The van der Waals surface area contributed by atoms with Crippen LogP contribution in [0.1, 0.15) is 0 Å². The Balaban J connectivity index is 2.21. The highest BCUT2D eigenvalue weighted by atomic mass is 32.2. The maximum Gasteiger partial charge on any atom is 0.306 e. The Morgan fingerprint density at radius 1 is 1.04 bits per heavy atom. The van der Waals surface area contributed by atoms with Gasteiger partial charge in [0.2, 0.25) is 0 Å². The lowest BCUT2D eigenvalue weighted by molar-refractivity contribution is 0.468. The first kappa shape index (κ1) is 15.9. The van der Waals surface area contributed by atoms with Gasteiger partial charge in [0.25, 0.3) is 0 Å². The van der Waals surface area contributed by atoms with Crippen LogP contribution >= 0.6 is 0 Å². The second-order valence-electron chi connectivity index (χ2n) is 5.12. The average molecular weight is 348 g/mol. The Morgan fingerprint density at radius 2 is 1.71 bits per heavy atom. The second-order valence-corrected chi connectivity index (χ2v) is 6.70. The number of phenolic OH excluding ortho intramolecular Hbond substituents is 2. The first-order valence-electron chi connectivity index (χ1n) is 6.73. The predicted octanol–water partition coefficient (Wildman–Crippen LogP) is 2.21. The Bertz CT molecular complexity index is 1080.